The monoisotopic (exact) mass is 334 g/mol. The molecule has 2 N–H and O–H groups in total. The van der Waals surface area contributed by atoms with E-state index in [0.29, 0.717) is 18.9 Å². The van der Waals surface area contributed by atoms with E-state index in [1.807, 2.05) is 20.8 Å². The third kappa shape index (κ3) is 6.06. The van der Waals surface area contributed by atoms with Gasteiger partial charge in [0, 0.05) is 25.3 Å². The van der Waals surface area contributed by atoms with Crippen LogP contribution in [-0.4, -0.2) is 46.7 Å². The number of amides is 3. The molecule has 1 atom stereocenters. The van der Waals surface area contributed by atoms with Crippen LogP contribution < -0.4 is 10.6 Å². The smallest absolute Gasteiger partial charge is 0.410 e. The van der Waals surface area contributed by atoms with E-state index in [1.54, 1.807) is 29.3 Å². The number of urea groups is 1. The quantitative estimate of drug-likeness (QED) is 0.871. The second kappa shape index (κ2) is 7.99. The van der Waals surface area contributed by atoms with E-state index in [-0.39, 0.29) is 18.2 Å². The van der Waals surface area contributed by atoms with Crippen molar-refractivity contribution in [3.05, 3.63) is 24.4 Å². The highest BCUT2D eigenvalue weighted by molar-refractivity contribution is 5.88. The Morgan fingerprint density at radius 1 is 1.29 bits per heavy atom. The fourth-order valence-corrected chi connectivity index (χ4v) is 2.53. The zero-order valence-electron chi connectivity index (χ0n) is 14.5. The van der Waals surface area contributed by atoms with Crippen molar-refractivity contribution in [2.45, 2.75) is 51.7 Å². The van der Waals surface area contributed by atoms with E-state index in [1.165, 1.54) is 0 Å². The summed E-state index contributed by atoms with van der Waals surface area (Å²) in [7, 11) is 0. The number of hydrogen-bond acceptors (Lipinski definition) is 4. The first-order chi connectivity index (χ1) is 11.3. The Balaban J connectivity index is 1.89. The molecule has 132 valence electrons. The average Bonchev–Trinajstić information content (AvgIpc) is 2.72. The fraction of sp³-hybridized carbons (Fsp3) is 0.588. The van der Waals surface area contributed by atoms with Crippen molar-refractivity contribution in [2.24, 2.45) is 0 Å². The number of nitrogens with zero attached hydrogens (tertiary/aromatic N) is 2. The molecular weight excluding hydrogens is 308 g/mol. The summed E-state index contributed by atoms with van der Waals surface area (Å²) in [6.07, 6.45) is 3.97. The summed E-state index contributed by atoms with van der Waals surface area (Å²) in [4.78, 5) is 30.1. The first kappa shape index (κ1) is 18.0. The van der Waals surface area contributed by atoms with Crippen LogP contribution in [0.15, 0.2) is 24.4 Å². The largest absolute Gasteiger partial charge is 0.444 e. The Morgan fingerprint density at radius 2 is 2.08 bits per heavy atom. The minimum atomic E-state index is -0.525. The molecule has 0 radical (unpaired) electrons. The van der Waals surface area contributed by atoms with Gasteiger partial charge in [0.1, 0.15) is 11.4 Å². The number of likely N-dealkylation sites (tertiary alicyclic amines) is 1. The van der Waals surface area contributed by atoms with E-state index in [2.05, 4.69) is 15.6 Å². The molecule has 7 heteroatoms. The van der Waals surface area contributed by atoms with Crippen LogP contribution in [0.5, 0.6) is 0 Å². The highest BCUT2D eigenvalue weighted by Crippen LogP contribution is 2.15. The number of carbonyl (C=O) groups is 2. The molecule has 1 aromatic heterocycles. The van der Waals surface area contributed by atoms with Gasteiger partial charge in [-0.2, -0.15) is 0 Å². The van der Waals surface area contributed by atoms with Crippen molar-refractivity contribution in [1.29, 1.82) is 0 Å². The standard InChI is InChI=1S/C17H26N4O3/c1-17(2,3)24-16(23)21-11-7-5-8-13(12-21)19-15(22)20-14-9-4-6-10-18-14/h4,6,9-10,13H,5,7-8,11-12H2,1-3H3,(H2,18,19,20,22). The zero-order valence-corrected chi connectivity index (χ0v) is 14.5. The highest BCUT2D eigenvalue weighted by atomic mass is 16.6. The SMILES string of the molecule is CC(C)(C)OC(=O)N1CCCCC(NC(=O)Nc2ccccn2)C1. The first-order valence-corrected chi connectivity index (χ1v) is 8.30. The molecule has 24 heavy (non-hydrogen) atoms. The summed E-state index contributed by atoms with van der Waals surface area (Å²) in [5.74, 6) is 0.493. The molecule has 7 nitrogen and oxygen atoms in total. The van der Waals surface area contributed by atoms with Crippen LogP contribution >= 0.6 is 0 Å². The maximum atomic E-state index is 12.3. The summed E-state index contributed by atoms with van der Waals surface area (Å²) >= 11 is 0. The summed E-state index contributed by atoms with van der Waals surface area (Å²) < 4.78 is 5.43. The Bertz CT molecular complexity index is 557. The van der Waals surface area contributed by atoms with Crippen LogP contribution in [0.2, 0.25) is 0 Å². The normalized spacial score (nSPS) is 18.5. The van der Waals surface area contributed by atoms with Crippen molar-refractivity contribution in [2.75, 3.05) is 18.4 Å². The molecule has 2 rings (SSSR count). The van der Waals surface area contributed by atoms with Crippen molar-refractivity contribution in [3.63, 3.8) is 0 Å². The number of rotatable bonds is 2. The van der Waals surface area contributed by atoms with Crippen molar-refractivity contribution in [3.8, 4) is 0 Å². The van der Waals surface area contributed by atoms with E-state index < -0.39 is 5.60 Å². The van der Waals surface area contributed by atoms with E-state index in [4.69, 9.17) is 4.74 Å². The molecule has 1 aromatic rings. The lowest BCUT2D eigenvalue weighted by molar-refractivity contribution is 0.0245. The maximum Gasteiger partial charge on any atom is 0.410 e. The van der Waals surface area contributed by atoms with Crippen LogP contribution in [0.4, 0.5) is 15.4 Å². The minimum Gasteiger partial charge on any atom is -0.444 e. The van der Waals surface area contributed by atoms with Gasteiger partial charge < -0.3 is 15.0 Å². The molecule has 1 unspecified atom stereocenters. The average molecular weight is 334 g/mol. The number of anilines is 1. The number of ether oxygens (including phenoxy) is 1. The summed E-state index contributed by atoms with van der Waals surface area (Å²) in [5, 5.41) is 5.61. The number of hydrogen-bond donors (Lipinski definition) is 2. The van der Waals surface area contributed by atoms with Gasteiger partial charge in [-0.05, 0) is 52.2 Å². The molecule has 0 aromatic carbocycles. The van der Waals surface area contributed by atoms with Crippen LogP contribution in [0.1, 0.15) is 40.0 Å². The minimum absolute atomic E-state index is 0.108. The molecule has 1 fully saturated rings. The molecule has 0 bridgehead atoms. The van der Waals surface area contributed by atoms with Gasteiger partial charge in [0.2, 0.25) is 0 Å². The van der Waals surface area contributed by atoms with Crippen LogP contribution in [0, 0.1) is 0 Å². The predicted octanol–water partition coefficient (Wildman–Crippen LogP) is 2.99. The molecule has 0 aliphatic carbocycles. The van der Waals surface area contributed by atoms with Crippen molar-refractivity contribution >= 4 is 17.9 Å². The fourth-order valence-electron chi connectivity index (χ4n) is 2.53. The molecule has 1 saturated heterocycles. The second-order valence-corrected chi connectivity index (χ2v) is 6.93. The van der Waals surface area contributed by atoms with Crippen LogP contribution in [-0.2, 0) is 4.74 Å². The van der Waals surface area contributed by atoms with Gasteiger partial charge in [-0.3, -0.25) is 5.32 Å². The van der Waals surface area contributed by atoms with Crippen molar-refractivity contribution in [1.82, 2.24) is 15.2 Å². The molecular formula is C17H26N4O3. The van der Waals surface area contributed by atoms with Gasteiger partial charge in [0.05, 0.1) is 0 Å². The molecule has 0 saturated carbocycles. The van der Waals surface area contributed by atoms with Gasteiger partial charge in [0.15, 0.2) is 0 Å². The molecule has 1 aliphatic heterocycles. The lowest BCUT2D eigenvalue weighted by Gasteiger charge is -2.28. The highest BCUT2D eigenvalue weighted by Gasteiger charge is 2.27. The van der Waals surface area contributed by atoms with Crippen LogP contribution in [0.25, 0.3) is 0 Å². The molecule has 3 amide bonds. The lowest BCUT2D eigenvalue weighted by Crippen LogP contribution is -2.47. The Kier molecular flexibility index (Phi) is 6.00. The Morgan fingerprint density at radius 3 is 2.75 bits per heavy atom. The number of nitrogens with one attached hydrogen (secondary N) is 2. The predicted molar refractivity (Wildman–Crippen MR) is 91.8 cm³/mol. The van der Waals surface area contributed by atoms with E-state index in [0.717, 1.165) is 19.3 Å². The molecule has 2 heterocycles. The lowest BCUT2D eigenvalue weighted by atomic mass is 10.1. The van der Waals surface area contributed by atoms with Crippen molar-refractivity contribution < 1.29 is 14.3 Å². The third-order valence-corrected chi connectivity index (χ3v) is 3.56. The topological polar surface area (TPSA) is 83.6 Å². The summed E-state index contributed by atoms with van der Waals surface area (Å²) in [6.45, 7) is 6.63. The Hall–Kier alpha value is -2.31. The molecule has 1 aliphatic rings. The zero-order chi connectivity index (χ0) is 17.6. The molecule has 0 spiro atoms. The Labute approximate surface area is 142 Å². The van der Waals surface area contributed by atoms with Gasteiger partial charge in [-0.25, -0.2) is 14.6 Å². The van der Waals surface area contributed by atoms with Gasteiger partial charge >= 0.3 is 12.1 Å². The van der Waals surface area contributed by atoms with Gasteiger partial charge in [-0.1, -0.05) is 6.07 Å². The number of pyridine rings is 1. The van der Waals surface area contributed by atoms with Gasteiger partial charge in [0.25, 0.3) is 0 Å². The number of aromatic nitrogens is 1. The van der Waals surface area contributed by atoms with E-state index in [9.17, 15) is 9.59 Å². The summed E-state index contributed by atoms with van der Waals surface area (Å²) in [5.41, 5.74) is -0.525. The number of carbonyl (C=O) groups excluding carboxylic acids is 2. The maximum absolute atomic E-state index is 12.3. The van der Waals surface area contributed by atoms with Gasteiger partial charge in [-0.15, -0.1) is 0 Å². The van der Waals surface area contributed by atoms with E-state index >= 15 is 0 Å². The van der Waals surface area contributed by atoms with Crippen LogP contribution in [0.3, 0.4) is 0 Å². The first-order valence-electron chi connectivity index (χ1n) is 8.30. The second-order valence-electron chi connectivity index (χ2n) is 6.93. The third-order valence-electron chi connectivity index (χ3n) is 3.56. The summed E-state index contributed by atoms with van der Waals surface area (Å²) in [6, 6.07) is 4.89.